The maximum absolute atomic E-state index is 12.5. The van der Waals surface area contributed by atoms with Gasteiger partial charge in [0.2, 0.25) is 15.9 Å². The lowest BCUT2D eigenvalue weighted by atomic mass is 10.1. The van der Waals surface area contributed by atoms with Crippen LogP contribution in [0.5, 0.6) is 0 Å². The van der Waals surface area contributed by atoms with E-state index in [1.165, 1.54) is 4.31 Å². The molecule has 1 aromatic carbocycles. The minimum atomic E-state index is -3.56. The molecule has 0 radical (unpaired) electrons. The van der Waals surface area contributed by atoms with Crippen molar-refractivity contribution >= 4 is 15.9 Å². The van der Waals surface area contributed by atoms with Gasteiger partial charge in [-0.15, -0.1) is 0 Å². The molecule has 0 aromatic heterocycles. The number of nitrogens with zero attached hydrogens (tertiary/aromatic N) is 1. The van der Waals surface area contributed by atoms with Gasteiger partial charge >= 0.3 is 0 Å². The summed E-state index contributed by atoms with van der Waals surface area (Å²) in [5, 5.41) is 2.99. The largest absolute Gasteiger partial charge is 0.352 e. The Balaban J connectivity index is 1.70. The van der Waals surface area contributed by atoms with E-state index in [2.05, 4.69) is 5.32 Å². The maximum atomic E-state index is 12.5. The number of hydrogen-bond donors (Lipinski definition) is 1. The lowest BCUT2D eigenvalue weighted by Gasteiger charge is -2.38. The molecule has 1 aliphatic carbocycles. The van der Waals surface area contributed by atoms with E-state index >= 15 is 0 Å². The van der Waals surface area contributed by atoms with Crippen molar-refractivity contribution < 1.29 is 13.2 Å². The van der Waals surface area contributed by atoms with Gasteiger partial charge in [0.15, 0.2) is 0 Å². The third-order valence-corrected chi connectivity index (χ3v) is 6.25. The van der Waals surface area contributed by atoms with Gasteiger partial charge in [0.05, 0.1) is 4.90 Å². The highest BCUT2D eigenvalue weighted by molar-refractivity contribution is 7.89. The first-order chi connectivity index (χ1) is 10.1. The number of rotatable bonds is 4. The molecule has 21 heavy (non-hydrogen) atoms. The molecular formula is C15H20N2O3S. The van der Waals surface area contributed by atoms with Gasteiger partial charge in [-0.05, 0) is 31.4 Å². The van der Waals surface area contributed by atoms with Gasteiger partial charge in [0, 0.05) is 12.6 Å². The zero-order valence-electron chi connectivity index (χ0n) is 11.9. The highest BCUT2D eigenvalue weighted by atomic mass is 32.2. The molecule has 1 N–H and O–H groups in total. The van der Waals surface area contributed by atoms with Crippen molar-refractivity contribution in [3.05, 3.63) is 30.3 Å². The van der Waals surface area contributed by atoms with Crippen LogP contribution in [0.15, 0.2) is 35.2 Å². The van der Waals surface area contributed by atoms with Gasteiger partial charge in [0.25, 0.3) is 0 Å². The Bertz CT molecular complexity index is 609. The molecule has 0 bridgehead atoms. The molecule has 1 saturated carbocycles. The van der Waals surface area contributed by atoms with Crippen LogP contribution in [0, 0.1) is 0 Å². The van der Waals surface area contributed by atoms with E-state index in [0.717, 1.165) is 25.7 Å². The smallest absolute Gasteiger partial charge is 0.243 e. The minimum Gasteiger partial charge on any atom is -0.352 e. The number of benzene rings is 1. The average Bonchev–Trinajstić information content (AvgIpc) is 2.90. The number of amides is 1. The molecule has 2 fully saturated rings. The fourth-order valence-electron chi connectivity index (χ4n) is 3.01. The van der Waals surface area contributed by atoms with Crippen LogP contribution in [0.4, 0.5) is 0 Å². The molecule has 0 spiro atoms. The summed E-state index contributed by atoms with van der Waals surface area (Å²) in [4.78, 5) is 12.5. The molecule has 114 valence electrons. The predicted octanol–water partition coefficient (Wildman–Crippen LogP) is 1.51. The van der Waals surface area contributed by atoms with E-state index in [4.69, 9.17) is 0 Å². The molecule has 2 aliphatic rings. The van der Waals surface area contributed by atoms with Crippen molar-refractivity contribution in [3.8, 4) is 0 Å². The Morgan fingerprint density at radius 3 is 2.33 bits per heavy atom. The first-order valence-corrected chi connectivity index (χ1v) is 8.90. The Labute approximate surface area is 125 Å². The maximum Gasteiger partial charge on any atom is 0.243 e. The van der Waals surface area contributed by atoms with E-state index in [1.807, 2.05) is 0 Å². The normalized spacial score (nSPS) is 23.7. The number of carbonyl (C=O) groups is 1. The summed E-state index contributed by atoms with van der Waals surface area (Å²) in [5.74, 6) is -0.146. The molecular weight excluding hydrogens is 288 g/mol. The monoisotopic (exact) mass is 308 g/mol. The Hall–Kier alpha value is -1.40. The lowest BCUT2D eigenvalue weighted by molar-refractivity contribution is -0.128. The second-order valence-corrected chi connectivity index (χ2v) is 7.61. The Kier molecular flexibility index (Phi) is 3.99. The summed E-state index contributed by atoms with van der Waals surface area (Å²) in [5.41, 5.74) is 0. The standard InChI is InChI=1S/C15H20N2O3S/c18-15(16-12-6-4-5-7-12)14-10-11-17(14)21(19,20)13-8-2-1-3-9-13/h1-3,8-9,12,14H,4-7,10-11H2,(H,16,18)/t14-/m0/s1. The van der Waals surface area contributed by atoms with Crippen LogP contribution in [0.25, 0.3) is 0 Å². The molecule has 3 rings (SSSR count). The van der Waals surface area contributed by atoms with Crippen molar-refractivity contribution in [1.82, 2.24) is 9.62 Å². The Morgan fingerprint density at radius 1 is 1.10 bits per heavy atom. The van der Waals surface area contributed by atoms with Gasteiger partial charge in [-0.2, -0.15) is 4.31 Å². The van der Waals surface area contributed by atoms with Crippen LogP contribution in [0.1, 0.15) is 32.1 Å². The summed E-state index contributed by atoms with van der Waals surface area (Å²) >= 11 is 0. The van der Waals surface area contributed by atoms with E-state index < -0.39 is 16.1 Å². The number of sulfonamides is 1. The van der Waals surface area contributed by atoms with Crippen LogP contribution < -0.4 is 5.32 Å². The number of hydrogen-bond acceptors (Lipinski definition) is 3. The van der Waals surface area contributed by atoms with Crippen molar-refractivity contribution in [1.29, 1.82) is 0 Å². The summed E-state index contributed by atoms with van der Waals surface area (Å²) in [6, 6.07) is 7.98. The van der Waals surface area contributed by atoms with Crippen LogP contribution >= 0.6 is 0 Å². The van der Waals surface area contributed by atoms with Crippen molar-refractivity contribution in [2.45, 2.75) is 49.1 Å². The van der Waals surface area contributed by atoms with E-state index in [9.17, 15) is 13.2 Å². The van der Waals surface area contributed by atoms with Gasteiger partial charge in [-0.25, -0.2) is 8.42 Å². The number of carbonyl (C=O) groups excluding carboxylic acids is 1. The van der Waals surface area contributed by atoms with E-state index in [0.29, 0.717) is 13.0 Å². The number of nitrogens with one attached hydrogen (secondary N) is 1. The zero-order chi connectivity index (χ0) is 14.9. The minimum absolute atomic E-state index is 0.146. The SMILES string of the molecule is O=C(NC1CCCC1)[C@@H]1CCN1S(=O)(=O)c1ccccc1. The molecule has 1 atom stereocenters. The second kappa shape index (κ2) is 5.77. The third-order valence-electron chi connectivity index (χ3n) is 4.32. The first kappa shape index (κ1) is 14.5. The molecule has 0 unspecified atom stereocenters. The predicted molar refractivity (Wildman–Crippen MR) is 79.1 cm³/mol. The van der Waals surface area contributed by atoms with Crippen molar-refractivity contribution in [2.24, 2.45) is 0 Å². The van der Waals surface area contributed by atoms with Crippen molar-refractivity contribution in [3.63, 3.8) is 0 Å². The molecule has 1 saturated heterocycles. The fraction of sp³-hybridized carbons (Fsp3) is 0.533. The summed E-state index contributed by atoms with van der Waals surface area (Å²) < 4.78 is 26.3. The summed E-state index contributed by atoms with van der Waals surface area (Å²) in [7, 11) is -3.56. The second-order valence-electron chi connectivity index (χ2n) is 5.72. The average molecular weight is 308 g/mol. The Morgan fingerprint density at radius 2 is 1.76 bits per heavy atom. The molecule has 5 nitrogen and oxygen atoms in total. The van der Waals surface area contributed by atoms with E-state index in [-0.39, 0.29) is 16.8 Å². The highest BCUT2D eigenvalue weighted by Gasteiger charge is 2.43. The summed E-state index contributed by atoms with van der Waals surface area (Å²) in [6.45, 7) is 0.417. The zero-order valence-corrected chi connectivity index (χ0v) is 12.7. The van der Waals surface area contributed by atoms with Gasteiger partial charge in [-0.3, -0.25) is 4.79 Å². The van der Waals surface area contributed by atoms with Gasteiger partial charge < -0.3 is 5.32 Å². The third kappa shape index (κ3) is 2.82. The topological polar surface area (TPSA) is 66.5 Å². The first-order valence-electron chi connectivity index (χ1n) is 7.46. The van der Waals surface area contributed by atoms with Crippen LogP contribution in [0.3, 0.4) is 0 Å². The molecule has 1 amide bonds. The molecule has 1 heterocycles. The lowest BCUT2D eigenvalue weighted by Crippen LogP contribution is -2.59. The van der Waals surface area contributed by atoms with Crippen LogP contribution in [-0.4, -0.2) is 37.3 Å². The molecule has 1 aliphatic heterocycles. The summed E-state index contributed by atoms with van der Waals surface area (Å²) in [6.07, 6.45) is 4.89. The van der Waals surface area contributed by atoms with Crippen molar-refractivity contribution in [2.75, 3.05) is 6.54 Å². The van der Waals surface area contributed by atoms with Gasteiger partial charge in [0.1, 0.15) is 6.04 Å². The highest BCUT2D eigenvalue weighted by Crippen LogP contribution is 2.27. The molecule has 6 heteroatoms. The van der Waals surface area contributed by atoms with E-state index in [1.54, 1.807) is 30.3 Å². The molecule has 1 aromatic rings. The van der Waals surface area contributed by atoms with Crippen LogP contribution in [-0.2, 0) is 14.8 Å². The quantitative estimate of drug-likeness (QED) is 0.917. The van der Waals surface area contributed by atoms with Crippen LogP contribution in [0.2, 0.25) is 0 Å². The van der Waals surface area contributed by atoms with Gasteiger partial charge in [-0.1, -0.05) is 31.0 Å². The fourth-order valence-corrected chi connectivity index (χ4v) is 4.66.